The van der Waals surface area contributed by atoms with Crippen LogP contribution in [0.3, 0.4) is 0 Å². The highest BCUT2D eigenvalue weighted by atomic mass is 16.5. The van der Waals surface area contributed by atoms with Crippen molar-refractivity contribution in [1.82, 2.24) is 10.2 Å². The fourth-order valence-electron chi connectivity index (χ4n) is 3.59. The zero-order chi connectivity index (χ0) is 19.1. The van der Waals surface area contributed by atoms with Crippen LogP contribution in [-0.4, -0.2) is 43.6 Å². The normalized spacial score (nSPS) is 15.2. The predicted octanol–water partition coefficient (Wildman–Crippen LogP) is 2.94. The summed E-state index contributed by atoms with van der Waals surface area (Å²) < 4.78 is 10.6. The minimum Gasteiger partial charge on any atom is -0.484 e. The molecule has 1 aliphatic carbocycles. The first-order valence-electron chi connectivity index (χ1n) is 9.75. The number of carbonyl (C=O) groups is 1. The summed E-state index contributed by atoms with van der Waals surface area (Å²) in [5.41, 5.74) is 0.0433. The fraction of sp³-hybridized carbons (Fsp3) is 0.524. The van der Waals surface area contributed by atoms with Gasteiger partial charge in [0.15, 0.2) is 6.61 Å². The molecule has 0 radical (unpaired) electrons. The van der Waals surface area contributed by atoms with E-state index in [9.17, 15) is 9.59 Å². The van der Waals surface area contributed by atoms with Crippen LogP contribution in [0.2, 0.25) is 0 Å². The van der Waals surface area contributed by atoms with Gasteiger partial charge in [0.2, 0.25) is 0 Å². The van der Waals surface area contributed by atoms with Crippen LogP contribution in [0.15, 0.2) is 39.5 Å². The SMILES string of the molecule is CN(CCCNC(=O)COc1ccc2ccc(=O)oc2c1)C1CCCCC1. The highest BCUT2D eigenvalue weighted by Gasteiger charge is 2.17. The molecule has 6 heteroatoms. The largest absolute Gasteiger partial charge is 0.484 e. The topological polar surface area (TPSA) is 71.8 Å². The van der Waals surface area contributed by atoms with Gasteiger partial charge in [-0.05, 0) is 51.1 Å². The van der Waals surface area contributed by atoms with Gasteiger partial charge in [-0.1, -0.05) is 19.3 Å². The number of nitrogens with one attached hydrogen (secondary N) is 1. The standard InChI is InChI=1S/C21H28N2O4/c1-23(17-6-3-2-4-7-17)13-5-12-22-20(24)15-26-18-10-8-16-9-11-21(25)27-19(16)14-18/h8-11,14,17H,2-7,12-13,15H2,1H3,(H,22,24). The molecule has 1 aliphatic rings. The summed E-state index contributed by atoms with van der Waals surface area (Å²) in [6.07, 6.45) is 7.55. The Bertz CT molecular complexity index is 811. The predicted molar refractivity (Wildman–Crippen MR) is 105 cm³/mol. The average molecular weight is 372 g/mol. The molecular weight excluding hydrogens is 344 g/mol. The Labute approximate surface area is 159 Å². The van der Waals surface area contributed by atoms with E-state index in [2.05, 4.69) is 17.3 Å². The first-order chi connectivity index (χ1) is 13.1. The molecule has 1 saturated carbocycles. The molecule has 0 aliphatic heterocycles. The maximum Gasteiger partial charge on any atom is 0.336 e. The first kappa shape index (κ1) is 19.4. The Morgan fingerprint density at radius 1 is 1.22 bits per heavy atom. The molecule has 1 aromatic carbocycles. The van der Waals surface area contributed by atoms with Crippen LogP contribution in [-0.2, 0) is 4.79 Å². The van der Waals surface area contributed by atoms with Gasteiger partial charge in [-0.2, -0.15) is 0 Å². The van der Waals surface area contributed by atoms with Gasteiger partial charge in [-0.3, -0.25) is 4.79 Å². The summed E-state index contributed by atoms with van der Waals surface area (Å²) in [5.74, 6) is 0.356. The summed E-state index contributed by atoms with van der Waals surface area (Å²) in [5, 5.41) is 3.71. The van der Waals surface area contributed by atoms with Gasteiger partial charge in [0, 0.05) is 30.1 Å². The summed E-state index contributed by atoms with van der Waals surface area (Å²) in [6.45, 7) is 1.59. The Morgan fingerprint density at radius 2 is 2.00 bits per heavy atom. The van der Waals surface area contributed by atoms with Crippen LogP contribution in [0.4, 0.5) is 0 Å². The van der Waals surface area contributed by atoms with Crippen LogP contribution in [0.5, 0.6) is 5.75 Å². The second-order valence-corrected chi connectivity index (χ2v) is 7.22. The molecule has 27 heavy (non-hydrogen) atoms. The lowest BCUT2D eigenvalue weighted by Crippen LogP contribution is -2.36. The number of rotatable bonds is 8. The Morgan fingerprint density at radius 3 is 2.81 bits per heavy atom. The molecule has 2 aromatic rings. The molecule has 3 rings (SSSR count). The van der Waals surface area contributed by atoms with Crippen molar-refractivity contribution < 1.29 is 13.9 Å². The molecular formula is C21H28N2O4. The molecule has 0 saturated heterocycles. The van der Waals surface area contributed by atoms with Crippen molar-refractivity contribution >= 4 is 16.9 Å². The van der Waals surface area contributed by atoms with Crippen LogP contribution in [0, 0.1) is 0 Å². The van der Waals surface area contributed by atoms with E-state index >= 15 is 0 Å². The van der Waals surface area contributed by atoms with E-state index in [1.165, 1.54) is 38.2 Å². The van der Waals surface area contributed by atoms with Crippen molar-refractivity contribution in [2.45, 2.75) is 44.6 Å². The average Bonchev–Trinajstić information content (AvgIpc) is 2.69. The van der Waals surface area contributed by atoms with Gasteiger partial charge in [0.05, 0.1) is 0 Å². The van der Waals surface area contributed by atoms with Gasteiger partial charge >= 0.3 is 5.63 Å². The van der Waals surface area contributed by atoms with E-state index < -0.39 is 5.63 Å². The van der Waals surface area contributed by atoms with E-state index in [0.29, 0.717) is 23.9 Å². The van der Waals surface area contributed by atoms with Crippen LogP contribution in [0.1, 0.15) is 38.5 Å². The molecule has 146 valence electrons. The molecule has 0 atom stereocenters. The van der Waals surface area contributed by atoms with Crippen LogP contribution < -0.4 is 15.7 Å². The quantitative estimate of drug-likeness (QED) is 0.570. The van der Waals surface area contributed by atoms with E-state index in [4.69, 9.17) is 9.15 Å². The van der Waals surface area contributed by atoms with Crippen molar-refractivity contribution in [2.75, 3.05) is 26.7 Å². The Hall–Kier alpha value is -2.34. The maximum absolute atomic E-state index is 12.0. The smallest absolute Gasteiger partial charge is 0.336 e. The summed E-state index contributed by atoms with van der Waals surface area (Å²) in [4.78, 5) is 25.7. The zero-order valence-corrected chi connectivity index (χ0v) is 15.9. The maximum atomic E-state index is 12.0. The first-order valence-corrected chi connectivity index (χ1v) is 9.75. The third kappa shape index (κ3) is 5.82. The second kappa shape index (κ2) is 9.55. The molecule has 1 amide bonds. The number of nitrogens with zero attached hydrogens (tertiary/aromatic N) is 1. The van der Waals surface area contributed by atoms with Crippen LogP contribution in [0.25, 0.3) is 11.0 Å². The number of ether oxygens (including phenoxy) is 1. The van der Waals surface area contributed by atoms with E-state index in [1.54, 1.807) is 24.3 Å². The zero-order valence-electron chi connectivity index (χ0n) is 15.9. The van der Waals surface area contributed by atoms with Crippen molar-refractivity contribution in [3.63, 3.8) is 0 Å². The molecule has 1 aromatic heterocycles. The minimum atomic E-state index is -0.407. The molecule has 0 spiro atoms. The van der Waals surface area contributed by atoms with Gasteiger partial charge in [-0.25, -0.2) is 4.79 Å². The third-order valence-corrected chi connectivity index (χ3v) is 5.17. The number of amides is 1. The van der Waals surface area contributed by atoms with Crippen molar-refractivity contribution in [2.24, 2.45) is 0 Å². The lowest BCUT2D eigenvalue weighted by atomic mass is 9.94. The van der Waals surface area contributed by atoms with Gasteiger partial charge in [0.25, 0.3) is 5.91 Å². The summed E-state index contributed by atoms with van der Waals surface area (Å²) in [7, 11) is 2.18. The number of benzene rings is 1. The van der Waals surface area contributed by atoms with Gasteiger partial charge in [-0.15, -0.1) is 0 Å². The minimum absolute atomic E-state index is 0.0545. The van der Waals surface area contributed by atoms with E-state index in [-0.39, 0.29) is 12.5 Å². The van der Waals surface area contributed by atoms with Crippen molar-refractivity contribution in [3.8, 4) is 5.75 Å². The lowest BCUT2D eigenvalue weighted by Gasteiger charge is -2.31. The Balaban J connectivity index is 1.36. The molecule has 0 unspecified atom stereocenters. The summed E-state index contributed by atoms with van der Waals surface area (Å²) >= 11 is 0. The van der Waals surface area contributed by atoms with Gasteiger partial charge in [0.1, 0.15) is 11.3 Å². The number of fused-ring (bicyclic) bond motifs is 1. The lowest BCUT2D eigenvalue weighted by molar-refractivity contribution is -0.123. The van der Waals surface area contributed by atoms with Crippen LogP contribution >= 0.6 is 0 Å². The number of hydrogen-bond donors (Lipinski definition) is 1. The van der Waals surface area contributed by atoms with Gasteiger partial charge < -0.3 is 19.4 Å². The molecule has 1 N–H and O–H groups in total. The highest BCUT2D eigenvalue weighted by Crippen LogP contribution is 2.21. The van der Waals surface area contributed by atoms with Crippen molar-refractivity contribution in [3.05, 3.63) is 40.8 Å². The van der Waals surface area contributed by atoms with E-state index in [0.717, 1.165) is 18.4 Å². The molecule has 0 bridgehead atoms. The second-order valence-electron chi connectivity index (χ2n) is 7.22. The highest BCUT2D eigenvalue weighted by molar-refractivity contribution is 5.79. The van der Waals surface area contributed by atoms with E-state index in [1.807, 2.05) is 0 Å². The number of carbonyl (C=O) groups excluding carboxylic acids is 1. The number of hydrogen-bond acceptors (Lipinski definition) is 5. The molecule has 1 heterocycles. The van der Waals surface area contributed by atoms with Crippen molar-refractivity contribution in [1.29, 1.82) is 0 Å². The summed E-state index contributed by atoms with van der Waals surface area (Å²) in [6, 6.07) is 8.96. The fourth-order valence-corrected chi connectivity index (χ4v) is 3.59. The third-order valence-electron chi connectivity index (χ3n) is 5.17. The monoisotopic (exact) mass is 372 g/mol. The molecule has 1 fully saturated rings. The Kier molecular flexibility index (Phi) is 6.87. The molecule has 6 nitrogen and oxygen atoms in total.